The van der Waals surface area contributed by atoms with Gasteiger partial charge < -0.3 is 14.2 Å². The Morgan fingerprint density at radius 3 is 2.36 bits per heavy atom. The molecular weight excluding hydrogens is 441 g/mol. The summed E-state index contributed by atoms with van der Waals surface area (Å²) in [6.45, 7) is -0.672. The molecule has 33 heavy (non-hydrogen) atoms. The lowest BCUT2D eigenvalue weighted by Gasteiger charge is -2.47. The zero-order chi connectivity index (χ0) is 23.4. The molecule has 2 aromatic rings. The third-order valence-corrected chi connectivity index (χ3v) is 5.71. The van der Waals surface area contributed by atoms with Crippen LogP contribution >= 0.6 is 0 Å². The van der Waals surface area contributed by atoms with Gasteiger partial charge in [-0.1, -0.05) is 30.3 Å². The van der Waals surface area contributed by atoms with Crippen molar-refractivity contribution in [3.8, 4) is 5.88 Å². The predicted octanol–water partition coefficient (Wildman–Crippen LogP) is 4.02. The molecule has 1 aromatic heterocycles. The van der Waals surface area contributed by atoms with E-state index in [-0.39, 0.29) is 36.3 Å². The second-order valence-electron chi connectivity index (χ2n) is 8.11. The van der Waals surface area contributed by atoms with E-state index in [9.17, 15) is 22.8 Å². The van der Waals surface area contributed by atoms with E-state index in [0.29, 0.717) is 31.6 Å². The van der Waals surface area contributed by atoms with E-state index in [1.165, 1.54) is 18.3 Å². The molecule has 2 saturated heterocycles. The lowest BCUT2D eigenvalue weighted by molar-refractivity contribution is -0.154. The van der Waals surface area contributed by atoms with Crippen molar-refractivity contribution in [2.24, 2.45) is 5.92 Å². The van der Waals surface area contributed by atoms with E-state index >= 15 is 0 Å². The van der Waals surface area contributed by atoms with Gasteiger partial charge in [0.15, 0.2) is 12.4 Å². The van der Waals surface area contributed by atoms with Gasteiger partial charge >= 0.3 is 12.3 Å². The average Bonchev–Trinajstić information content (AvgIpc) is 2.80. The molecule has 0 saturated carbocycles. The second-order valence-corrected chi connectivity index (χ2v) is 8.11. The van der Waals surface area contributed by atoms with Gasteiger partial charge in [0.2, 0.25) is 5.88 Å². The summed E-state index contributed by atoms with van der Waals surface area (Å²) < 4.78 is 52.5. The van der Waals surface area contributed by atoms with Crippen molar-refractivity contribution in [3.05, 3.63) is 59.8 Å². The number of pyridine rings is 1. The van der Waals surface area contributed by atoms with Crippen LogP contribution in [0, 0.1) is 5.92 Å². The summed E-state index contributed by atoms with van der Waals surface area (Å²) in [6, 6.07) is 11.4. The number of morpholine rings is 1. The van der Waals surface area contributed by atoms with Crippen LogP contribution in [0.5, 0.6) is 5.88 Å². The van der Waals surface area contributed by atoms with Gasteiger partial charge in [0.25, 0.3) is 0 Å². The molecule has 2 aliphatic rings. The minimum Gasteiger partial charge on any atom is -0.468 e. The van der Waals surface area contributed by atoms with Crippen LogP contribution in [0.1, 0.15) is 28.8 Å². The first-order valence-corrected chi connectivity index (χ1v) is 10.6. The van der Waals surface area contributed by atoms with E-state index in [2.05, 4.69) is 9.72 Å². The largest absolute Gasteiger partial charge is 0.468 e. The molecule has 0 N–H and O–H groups in total. The first kappa shape index (κ1) is 23.0. The number of Topliss-reactive ketones (excluding diaryl/α,β-unsaturated/α-hetero) is 1. The van der Waals surface area contributed by atoms with E-state index in [1.54, 1.807) is 4.90 Å². The highest BCUT2D eigenvalue weighted by atomic mass is 19.4. The maximum absolute atomic E-state index is 13.0. The maximum atomic E-state index is 13.0. The highest BCUT2D eigenvalue weighted by Crippen LogP contribution is 2.34. The van der Waals surface area contributed by atoms with Crippen molar-refractivity contribution in [2.75, 3.05) is 19.8 Å². The Bertz CT molecular complexity index is 954. The van der Waals surface area contributed by atoms with Gasteiger partial charge in [-0.25, -0.2) is 9.78 Å². The number of amides is 1. The average molecular weight is 464 g/mol. The summed E-state index contributed by atoms with van der Waals surface area (Å²) in [7, 11) is 0. The van der Waals surface area contributed by atoms with Gasteiger partial charge in [-0.05, 0) is 24.5 Å². The first-order valence-electron chi connectivity index (χ1n) is 10.6. The standard InChI is InChI=1S/C23H23F3N2O5/c24-23(25,26)14-33-20-7-6-16(10-27-20)21(29)17-8-18-12-31-13-19(9-17)28(18)22(30)32-11-15-4-2-1-3-5-15/h1-7,10,17-19H,8-9,11-14H2. The molecule has 1 aromatic carbocycles. The summed E-state index contributed by atoms with van der Waals surface area (Å²) in [6.07, 6.45) is -2.87. The summed E-state index contributed by atoms with van der Waals surface area (Å²) >= 11 is 0. The van der Waals surface area contributed by atoms with E-state index in [0.717, 1.165) is 5.56 Å². The van der Waals surface area contributed by atoms with Crippen LogP contribution < -0.4 is 4.74 Å². The molecule has 3 heterocycles. The summed E-state index contributed by atoms with van der Waals surface area (Å²) in [5.41, 5.74) is 1.17. The number of piperidine rings is 1. The van der Waals surface area contributed by atoms with E-state index in [1.807, 2.05) is 30.3 Å². The molecule has 2 fully saturated rings. The Morgan fingerprint density at radius 1 is 1.06 bits per heavy atom. The monoisotopic (exact) mass is 464 g/mol. The second kappa shape index (κ2) is 9.78. The molecule has 10 heteroatoms. The fraction of sp³-hybridized carbons (Fsp3) is 0.435. The minimum atomic E-state index is -4.47. The third-order valence-electron chi connectivity index (χ3n) is 5.71. The number of alkyl halides is 3. The van der Waals surface area contributed by atoms with Crippen LogP contribution in [0.4, 0.5) is 18.0 Å². The Kier molecular flexibility index (Phi) is 6.83. The SMILES string of the molecule is O=C(c1ccc(OCC(F)(F)F)nc1)C1CC2COCC(C1)N2C(=O)OCc1ccccc1. The molecule has 2 atom stereocenters. The van der Waals surface area contributed by atoms with Crippen molar-refractivity contribution >= 4 is 11.9 Å². The van der Waals surface area contributed by atoms with Gasteiger partial charge in [0.1, 0.15) is 6.61 Å². The molecule has 176 valence electrons. The third kappa shape index (κ3) is 5.81. The summed E-state index contributed by atoms with van der Waals surface area (Å²) in [4.78, 5) is 31.3. The van der Waals surface area contributed by atoms with Crippen LogP contribution in [0.2, 0.25) is 0 Å². The fourth-order valence-electron chi connectivity index (χ4n) is 4.22. The number of aromatic nitrogens is 1. The number of carbonyl (C=O) groups excluding carboxylic acids is 2. The Labute approximate surface area is 188 Å². The van der Waals surface area contributed by atoms with E-state index in [4.69, 9.17) is 9.47 Å². The molecule has 0 spiro atoms. The number of benzene rings is 1. The molecule has 1 amide bonds. The Hall–Kier alpha value is -3.14. The highest BCUT2D eigenvalue weighted by molar-refractivity contribution is 5.97. The normalized spacial score (nSPS) is 22.5. The van der Waals surface area contributed by atoms with Crippen molar-refractivity contribution in [1.29, 1.82) is 0 Å². The van der Waals surface area contributed by atoms with Gasteiger partial charge in [0, 0.05) is 23.7 Å². The molecule has 2 unspecified atom stereocenters. The van der Waals surface area contributed by atoms with Crippen molar-refractivity contribution in [3.63, 3.8) is 0 Å². The summed E-state index contributed by atoms with van der Waals surface area (Å²) in [5.74, 6) is -0.727. The number of rotatable bonds is 6. The van der Waals surface area contributed by atoms with Crippen LogP contribution in [0.3, 0.4) is 0 Å². The van der Waals surface area contributed by atoms with Gasteiger partial charge in [-0.2, -0.15) is 13.2 Å². The van der Waals surface area contributed by atoms with E-state index < -0.39 is 18.9 Å². The number of halogens is 3. The van der Waals surface area contributed by atoms with Gasteiger partial charge in [-0.15, -0.1) is 0 Å². The molecule has 2 aliphatic heterocycles. The van der Waals surface area contributed by atoms with Crippen LogP contribution in [0.25, 0.3) is 0 Å². The predicted molar refractivity (Wildman–Crippen MR) is 110 cm³/mol. The zero-order valence-corrected chi connectivity index (χ0v) is 17.7. The maximum Gasteiger partial charge on any atom is 0.422 e. The van der Waals surface area contributed by atoms with Crippen molar-refractivity contribution < 1.29 is 37.0 Å². The molecule has 4 rings (SSSR count). The Balaban J connectivity index is 1.36. The molecule has 7 nitrogen and oxygen atoms in total. The molecule has 0 radical (unpaired) electrons. The number of ether oxygens (including phenoxy) is 3. The molecule has 0 aliphatic carbocycles. The molecule has 2 bridgehead atoms. The van der Waals surface area contributed by atoms with Crippen LogP contribution in [-0.2, 0) is 16.1 Å². The van der Waals surface area contributed by atoms with Crippen molar-refractivity contribution in [2.45, 2.75) is 37.7 Å². The number of hydrogen-bond donors (Lipinski definition) is 0. The van der Waals surface area contributed by atoms with Crippen molar-refractivity contribution in [1.82, 2.24) is 9.88 Å². The number of nitrogens with zero attached hydrogens (tertiary/aromatic N) is 2. The number of hydrogen-bond acceptors (Lipinski definition) is 6. The van der Waals surface area contributed by atoms with Crippen LogP contribution in [0.15, 0.2) is 48.7 Å². The van der Waals surface area contributed by atoms with Gasteiger partial charge in [-0.3, -0.25) is 9.69 Å². The molecular formula is C23H23F3N2O5. The Morgan fingerprint density at radius 2 is 1.76 bits per heavy atom. The smallest absolute Gasteiger partial charge is 0.422 e. The zero-order valence-electron chi connectivity index (χ0n) is 17.7. The first-order chi connectivity index (χ1) is 15.8. The highest BCUT2D eigenvalue weighted by Gasteiger charge is 2.44. The minimum absolute atomic E-state index is 0.160. The number of fused-ring (bicyclic) bond motifs is 2. The topological polar surface area (TPSA) is 78.0 Å². The van der Waals surface area contributed by atoms with Crippen LogP contribution in [-0.4, -0.2) is 59.8 Å². The fourth-order valence-corrected chi connectivity index (χ4v) is 4.22. The lowest BCUT2D eigenvalue weighted by atomic mass is 9.81. The number of ketones is 1. The quantitative estimate of drug-likeness (QED) is 0.601. The summed E-state index contributed by atoms with van der Waals surface area (Å²) in [5, 5.41) is 0. The lowest BCUT2D eigenvalue weighted by Crippen LogP contribution is -2.59. The van der Waals surface area contributed by atoms with Gasteiger partial charge in [0.05, 0.1) is 25.3 Å². The number of carbonyl (C=O) groups is 2.